The lowest BCUT2D eigenvalue weighted by atomic mass is 9.99. The van der Waals surface area contributed by atoms with E-state index >= 15 is 0 Å². The Hall–Kier alpha value is -1.47. The molecule has 122 valence electrons. The SMILES string of the molecule is O=C1CCC(C(=O)N2CCN(CC3CCOCC3)CC2)=NN1. The molecule has 0 saturated carbocycles. The van der Waals surface area contributed by atoms with Crippen LogP contribution in [0.1, 0.15) is 25.7 Å². The Morgan fingerprint density at radius 2 is 1.91 bits per heavy atom. The van der Waals surface area contributed by atoms with Gasteiger partial charge in [0.2, 0.25) is 5.91 Å². The summed E-state index contributed by atoms with van der Waals surface area (Å²) in [5.41, 5.74) is 2.88. The molecule has 0 aromatic carbocycles. The van der Waals surface area contributed by atoms with Crippen LogP contribution >= 0.6 is 0 Å². The number of hydrogen-bond donors (Lipinski definition) is 1. The molecule has 0 bridgehead atoms. The van der Waals surface area contributed by atoms with E-state index in [9.17, 15) is 9.59 Å². The number of carbonyl (C=O) groups excluding carboxylic acids is 2. The molecule has 0 unspecified atom stereocenters. The molecule has 1 N–H and O–H groups in total. The lowest BCUT2D eigenvalue weighted by Gasteiger charge is -2.37. The highest BCUT2D eigenvalue weighted by atomic mass is 16.5. The van der Waals surface area contributed by atoms with E-state index in [0.29, 0.717) is 18.6 Å². The molecule has 0 radical (unpaired) electrons. The number of piperazine rings is 1. The fourth-order valence-electron chi connectivity index (χ4n) is 3.24. The second-order valence-corrected chi connectivity index (χ2v) is 6.24. The Bertz CT molecular complexity index is 452. The maximum atomic E-state index is 12.4. The van der Waals surface area contributed by atoms with Crippen molar-refractivity contribution in [3.63, 3.8) is 0 Å². The zero-order valence-electron chi connectivity index (χ0n) is 12.9. The van der Waals surface area contributed by atoms with Crippen molar-refractivity contribution >= 4 is 17.5 Å². The first-order valence-corrected chi connectivity index (χ1v) is 8.17. The fourth-order valence-corrected chi connectivity index (χ4v) is 3.24. The molecule has 3 heterocycles. The lowest BCUT2D eigenvalue weighted by molar-refractivity contribution is -0.126. The number of nitrogens with zero attached hydrogens (tertiary/aromatic N) is 3. The molecular formula is C15H24N4O3. The summed E-state index contributed by atoms with van der Waals surface area (Å²) < 4.78 is 5.40. The Labute approximate surface area is 130 Å². The average Bonchev–Trinajstić information content (AvgIpc) is 2.57. The van der Waals surface area contributed by atoms with Gasteiger partial charge in [0, 0.05) is 58.8 Å². The third kappa shape index (κ3) is 3.84. The standard InChI is InChI=1S/C15H24N4O3/c20-14-2-1-13(16-17-14)15(21)19-7-5-18(6-8-19)11-12-3-9-22-10-4-12/h12H,1-11H2,(H,17,20). The zero-order chi connectivity index (χ0) is 15.4. The van der Waals surface area contributed by atoms with E-state index in [2.05, 4.69) is 15.4 Å². The molecule has 2 saturated heterocycles. The predicted octanol–water partition coefficient (Wildman–Crippen LogP) is -0.177. The monoisotopic (exact) mass is 308 g/mol. The first-order valence-electron chi connectivity index (χ1n) is 8.17. The molecule has 3 aliphatic heterocycles. The van der Waals surface area contributed by atoms with Crippen LogP contribution in [0.5, 0.6) is 0 Å². The minimum Gasteiger partial charge on any atom is -0.381 e. The van der Waals surface area contributed by atoms with Crippen molar-refractivity contribution in [2.75, 3.05) is 45.9 Å². The van der Waals surface area contributed by atoms with Crippen molar-refractivity contribution in [1.29, 1.82) is 0 Å². The van der Waals surface area contributed by atoms with Crippen molar-refractivity contribution in [2.24, 2.45) is 11.0 Å². The van der Waals surface area contributed by atoms with Crippen LogP contribution in [-0.4, -0.2) is 73.3 Å². The number of hydrogen-bond acceptors (Lipinski definition) is 5. The van der Waals surface area contributed by atoms with Crippen LogP contribution in [0.2, 0.25) is 0 Å². The van der Waals surface area contributed by atoms with Gasteiger partial charge in [0.1, 0.15) is 5.71 Å². The van der Waals surface area contributed by atoms with E-state index in [1.165, 1.54) is 0 Å². The van der Waals surface area contributed by atoms with Gasteiger partial charge >= 0.3 is 0 Å². The number of rotatable bonds is 3. The number of ether oxygens (including phenoxy) is 1. The summed E-state index contributed by atoms with van der Waals surface area (Å²) in [4.78, 5) is 27.8. The summed E-state index contributed by atoms with van der Waals surface area (Å²) in [5, 5.41) is 3.90. The summed E-state index contributed by atoms with van der Waals surface area (Å²) >= 11 is 0. The minimum absolute atomic E-state index is 0.0225. The molecule has 0 aromatic heterocycles. The fraction of sp³-hybridized carbons (Fsp3) is 0.800. The van der Waals surface area contributed by atoms with Gasteiger partial charge in [-0.15, -0.1) is 0 Å². The topological polar surface area (TPSA) is 74.2 Å². The highest BCUT2D eigenvalue weighted by Crippen LogP contribution is 2.17. The highest BCUT2D eigenvalue weighted by Gasteiger charge is 2.27. The smallest absolute Gasteiger partial charge is 0.270 e. The molecule has 2 amide bonds. The number of nitrogens with one attached hydrogen (secondary N) is 1. The Morgan fingerprint density at radius 1 is 1.18 bits per heavy atom. The van der Waals surface area contributed by atoms with Crippen LogP contribution in [0.4, 0.5) is 0 Å². The van der Waals surface area contributed by atoms with E-state index in [1.807, 2.05) is 4.90 Å². The van der Waals surface area contributed by atoms with Gasteiger partial charge in [-0.1, -0.05) is 0 Å². The molecule has 7 heteroatoms. The Kier molecular flexibility index (Phi) is 5.04. The van der Waals surface area contributed by atoms with Crippen molar-refractivity contribution < 1.29 is 14.3 Å². The van der Waals surface area contributed by atoms with Crippen LogP contribution in [0.25, 0.3) is 0 Å². The quantitative estimate of drug-likeness (QED) is 0.785. The summed E-state index contributed by atoms with van der Waals surface area (Å²) in [6.45, 7) is 6.21. The molecule has 0 spiro atoms. The number of amides is 2. The Morgan fingerprint density at radius 3 is 2.55 bits per heavy atom. The van der Waals surface area contributed by atoms with Gasteiger partial charge in [-0.2, -0.15) is 5.10 Å². The van der Waals surface area contributed by atoms with Gasteiger partial charge in [0.05, 0.1) is 0 Å². The predicted molar refractivity (Wildman–Crippen MR) is 81.4 cm³/mol. The van der Waals surface area contributed by atoms with Crippen LogP contribution in [-0.2, 0) is 14.3 Å². The van der Waals surface area contributed by atoms with Crippen molar-refractivity contribution in [3.05, 3.63) is 0 Å². The van der Waals surface area contributed by atoms with Crippen LogP contribution in [0.15, 0.2) is 5.10 Å². The van der Waals surface area contributed by atoms with Gasteiger partial charge in [0.15, 0.2) is 0 Å². The third-order valence-electron chi connectivity index (χ3n) is 4.67. The lowest BCUT2D eigenvalue weighted by Crippen LogP contribution is -2.52. The summed E-state index contributed by atoms with van der Waals surface area (Å²) in [6.07, 6.45) is 3.10. The average molecular weight is 308 g/mol. The molecule has 3 aliphatic rings. The van der Waals surface area contributed by atoms with Gasteiger partial charge in [0.25, 0.3) is 5.91 Å². The maximum absolute atomic E-state index is 12.4. The molecular weight excluding hydrogens is 284 g/mol. The van der Waals surface area contributed by atoms with Crippen LogP contribution in [0.3, 0.4) is 0 Å². The normalized spacial score (nSPS) is 24.8. The van der Waals surface area contributed by atoms with Gasteiger partial charge in [-0.25, -0.2) is 5.43 Å². The molecule has 0 aromatic rings. The van der Waals surface area contributed by atoms with Crippen LogP contribution in [0, 0.1) is 5.92 Å². The van der Waals surface area contributed by atoms with E-state index < -0.39 is 0 Å². The van der Waals surface area contributed by atoms with E-state index in [1.54, 1.807) is 0 Å². The third-order valence-corrected chi connectivity index (χ3v) is 4.67. The molecule has 2 fully saturated rings. The first-order chi connectivity index (χ1) is 10.7. The molecule has 7 nitrogen and oxygen atoms in total. The largest absolute Gasteiger partial charge is 0.381 e. The highest BCUT2D eigenvalue weighted by molar-refractivity contribution is 6.39. The maximum Gasteiger partial charge on any atom is 0.270 e. The summed E-state index contributed by atoms with van der Waals surface area (Å²) in [5.74, 6) is 0.595. The zero-order valence-corrected chi connectivity index (χ0v) is 12.9. The number of carbonyl (C=O) groups is 2. The second kappa shape index (κ2) is 7.19. The van der Waals surface area contributed by atoms with Gasteiger partial charge in [-0.05, 0) is 18.8 Å². The van der Waals surface area contributed by atoms with Crippen molar-refractivity contribution in [2.45, 2.75) is 25.7 Å². The molecule has 22 heavy (non-hydrogen) atoms. The van der Waals surface area contributed by atoms with E-state index in [-0.39, 0.29) is 11.8 Å². The first kappa shape index (κ1) is 15.4. The van der Waals surface area contributed by atoms with E-state index in [4.69, 9.17) is 4.74 Å². The minimum atomic E-state index is -0.113. The molecule has 3 rings (SSSR count). The second-order valence-electron chi connectivity index (χ2n) is 6.24. The van der Waals surface area contributed by atoms with Crippen molar-refractivity contribution in [3.8, 4) is 0 Å². The van der Waals surface area contributed by atoms with Crippen LogP contribution < -0.4 is 5.43 Å². The van der Waals surface area contributed by atoms with Gasteiger partial charge < -0.3 is 9.64 Å². The van der Waals surface area contributed by atoms with E-state index in [0.717, 1.165) is 64.7 Å². The van der Waals surface area contributed by atoms with Gasteiger partial charge in [-0.3, -0.25) is 14.5 Å². The Balaban J connectivity index is 1.45. The summed E-state index contributed by atoms with van der Waals surface area (Å²) in [6, 6.07) is 0. The van der Waals surface area contributed by atoms with Crippen molar-refractivity contribution in [1.82, 2.24) is 15.2 Å². The molecule has 0 aliphatic carbocycles. The summed E-state index contributed by atoms with van der Waals surface area (Å²) in [7, 11) is 0. The number of hydrazone groups is 1. The molecule has 0 atom stereocenters.